The van der Waals surface area contributed by atoms with Crippen LogP contribution in [0.2, 0.25) is 0 Å². The molecule has 5 nitrogen and oxygen atoms in total. The molecule has 1 aliphatic rings. The summed E-state index contributed by atoms with van der Waals surface area (Å²) in [6.07, 6.45) is 0. The van der Waals surface area contributed by atoms with E-state index in [2.05, 4.69) is 32.0 Å². The zero-order valence-electron chi connectivity index (χ0n) is 21.3. The number of carbonyl (C=O) groups excluding carboxylic acids is 1. The fraction of sp³-hybridized carbons (Fsp3) is 0.152. The monoisotopic (exact) mass is 500 g/mol. The lowest BCUT2D eigenvalue weighted by Crippen LogP contribution is -2.22. The van der Waals surface area contributed by atoms with Gasteiger partial charge in [0.1, 0.15) is 29.1 Å². The number of carbonyl (C=O) groups is 1. The molecule has 0 aliphatic carbocycles. The van der Waals surface area contributed by atoms with E-state index in [9.17, 15) is 10.1 Å². The van der Waals surface area contributed by atoms with Crippen molar-refractivity contribution in [3.05, 3.63) is 142 Å². The van der Waals surface area contributed by atoms with Gasteiger partial charge in [0.2, 0.25) is 5.88 Å². The maximum Gasteiger partial charge on any atom is 0.323 e. The van der Waals surface area contributed by atoms with E-state index in [0.717, 1.165) is 22.3 Å². The number of nitrogens with two attached hydrogens (primary N) is 1. The van der Waals surface area contributed by atoms with Crippen molar-refractivity contribution in [3.8, 4) is 17.6 Å². The fourth-order valence-corrected chi connectivity index (χ4v) is 4.85. The molecule has 2 N–H and O–H groups in total. The van der Waals surface area contributed by atoms with Gasteiger partial charge in [-0.1, -0.05) is 105 Å². The molecule has 4 aromatic carbocycles. The van der Waals surface area contributed by atoms with Gasteiger partial charge in [0, 0.05) is 11.6 Å². The van der Waals surface area contributed by atoms with Crippen LogP contribution < -0.4 is 15.2 Å². The molecule has 0 aromatic heterocycles. The fourth-order valence-electron chi connectivity index (χ4n) is 4.85. The number of rotatable bonds is 6. The van der Waals surface area contributed by atoms with E-state index in [-0.39, 0.29) is 11.8 Å². The molecule has 1 unspecified atom stereocenters. The van der Waals surface area contributed by atoms with E-state index in [4.69, 9.17) is 15.2 Å². The molecule has 0 saturated heterocycles. The Morgan fingerprint density at radius 1 is 0.868 bits per heavy atom. The first kappa shape index (κ1) is 24.9. The minimum absolute atomic E-state index is 0.0489. The van der Waals surface area contributed by atoms with Gasteiger partial charge in [-0.25, -0.2) is 0 Å². The van der Waals surface area contributed by atoms with E-state index >= 15 is 0 Å². The Morgan fingerprint density at radius 2 is 1.47 bits per heavy atom. The topological polar surface area (TPSA) is 85.3 Å². The van der Waals surface area contributed by atoms with Crippen LogP contribution in [-0.4, -0.2) is 5.97 Å². The van der Waals surface area contributed by atoms with Crippen molar-refractivity contribution >= 4 is 5.97 Å². The molecular formula is C33H28N2O3. The molecule has 0 bridgehead atoms. The molecule has 5 heteroatoms. The number of fused-ring (bicyclic) bond motifs is 1. The zero-order valence-corrected chi connectivity index (χ0v) is 21.3. The predicted molar refractivity (Wildman–Crippen MR) is 147 cm³/mol. The molecule has 1 heterocycles. The van der Waals surface area contributed by atoms with Crippen molar-refractivity contribution in [2.45, 2.75) is 31.6 Å². The zero-order chi connectivity index (χ0) is 26.6. The Balaban J connectivity index is 1.48. The van der Waals surface area contributed by atoms with Crippen LogP contribution in [0.5, 0.6) is 11.5 Å². The third kappa shape index (κ3) is 4.89. The Labute approximate surface area is 222 Å². The van der Waals surface area contributed by atoms with E-state index in [0.29, 0.717) is 23.0 Å². The van der Waals surface area contributed by atoms with Crippen LogP contribution in [0.15, 0.2) is 115 Å². The summed E-state index contributed by atoms with van der Waals surface area (Å²) in [5, 5.41) is 9.88. The lowest BCUT2D eigenvalue weighted by atomic mass is 9.83. The first-order valence-electron chi connectivity index (χ1n) is 12.6. The molecule has 0 spiro atoms. The minimum Gasteiger partial charge on any atom is -0.440 e. The molecule has 0 radical (unpaired) electrons. The highest BCUT2D eigenvalue weighted by Crippen LogP contribution is 2.43. The SMILES string of the molecule is CC(C)c1ccc(C2C(C#N)=C(N)Oc3cc(OC(=O)C(c4ccccc4)c4ccccc4)ccc32)cc1. The van der Waals surface area contributed by atoms with Gasteiger partial charge in [-0.05, 0) is 34.2 Å². The number of hydrogen-bond donors (Lipinski definition) is 1. The van der Waals surface area contributed by atoms with Crippen molar-refractivity contribution in [1.29, 1.82) is 5.26 Å². The number of allylic oxidation sites excluding steroid dienone is 1. The first-order valence-corrected chi connectivity index (χ1v) is 12.6. The second kappa shape index (κ2) is 10.7. The van der Waals surface area contributed by atoms with Crippen LogP contribution in [0.25, 0.3) is 0 Å². The van der Waals surface area contributed by atoms with Gasteiger partial charge in [0.25, 0.3) is 0 Å². The minimum atomic E-state index is -0.586. The predicted octanol–water partition coefficient (Wildman–Crippen LogP) is 6.77. The van der Waals surface area contributed by atoms with Crippen LogP contribution in [0.4, 0.5) is 0 Å². The van der Waals surface area contributed by atoms with E-state index in [1.165, 1.54) is 5.56 Å². The van der Waals surface area contributed by atoms with Crippen molar-refractivity contribution in [2.24, 2.45) is 5.73 Å². The number of ether oxygens (including phenoxy) is 2. The molecule has 4 aromatic rings. The Bertz CT molecular complexity index is 1480. The average molecular weight is 501 g/mol. The summed E-state index contributed by atoms with van der Waals surface area (Å²) in [6, 6.07) is 34.8. The molecule has 0 saturated carbocycles. The standard InChI is InChI=1S/C33H28N2O3/c1-21(2)22-13-15-25(16-14-22)31-27-18-17-26(19-29(27)38-32(35)28(31)20-34)37-33(36)30(23-9-5-3-6-10-23)24-11-7-4-8-12-24/h3-19,21,30-31H,35H2,1-2H3. The second-order valence-electron chi connectivity index (χ2n) is 9.62. The number of nitriles is 1. The Hall–Kier alpha value is -4.82. The lowest BCUT2D eigenvalue weighted by Gasteiger charge is -2.27. The third-order valence-electron chi connectivity index (χ3n) is 6.85. The largest absolute Gasteiger partial charge is 0.440 e. The van der Waals surface area contributed by atoms with Crippen molar-refractivity contribution in [1.82, 2.24) is 0 Å². The Morgan fingerprint density at radius 3 is 2.03 bits per heavy atom. The van der Waals surface area contributed by atoms with Crippen LogP contribution >= 0.6 is 0 Å². The van der Waals surface area contributed by atoms with E-state index in [1.807, 2.05) is 78.9 Å². The summed E-state index contributed by atoms with van der Waals surface area (Å²) in [5.41, 5.74) is 11.2. The number of hydrogen-bond acceptors (Lipinski definition) is 5. The van der Waals surface area contributed by atoms with Crippen molar-refractivity contribution in [3.63, 3.8) is 0 Å². The van der Waals surface area contributed by atoms with Gasteiger partial charge in [0.05, 0.1) is 5.92 Å². The summed E-state index contributed by atoms with van der Waals surface area (Å²) >= 11 is 0. The highest BCUT2D eigenvalue weighted by Gasteiger charge is 2.32. The normalized spacial score (nSPS) is 14.6. The maximum absolute atomic E-state index is 13.5. The average Bonchev–Trinajstić information content (AvgIpc) is 2.93. The maximum atomic E-state index is 13.5. The van der Waals surface area contributed by atoms with Gasteiger partial charge in [-0.15, -0.1) is 0 Å². The summed E-state index contributed by atoms with van der Waals surface area (Å²) in [6.45, 7) is 4.28. The number of nitrogens with zero attached hydrogens (tertiary/aromatic N) is 1. The highest BCUT2D eigenvalue weighted by molar-refractivity contribution is 5.84. The molecule has 1 aliphatic heterocycles. The van der Waals surface area contributed by atoms with E-state index < -0.39 is 11.9 Å². The van der Waals surface area contributed by atoms with Crippen molar-refractivity contribution in [2.75, 3.05) is 0 Å². The van der Waals surface area contributed by atoms with Crippen molar-refractivity contribution < 1.29 is 14.3 Å². The van der Waals surface area contributed by atoms with Gasteiger partial charge < -0.3 is 15.2 Å². The highest BCUT2D eigenvalue weighted by atomic mass is 16.5. The summed E-state index contributed by atoms with van der Waals surface area (Å²) in [7, 11) is 0. The van der Waals surface area contributed by atoms with Gasteiger partial charge in [-0.2, -0.15) is 5.26 Å². The quantitative estimate of drug-likeness (QED) is 0.233. The molecule has 38 heavy (non-hydrogen) atoms. The van der Waals surface area contributed by atoms with Crippen LogP contribution in [0, 0.1) is 11.3 Å². The summed E-state index contributed by atoms with van der Waals surface area (Å²) < 4.78 is 11.7. The van der Waals surface area contributed by atoms with E-state index in [1.54, 1.807) is 12.1 Å². The lowest BCUT2D eigenvalue weighted by molar-refractivity contribution is -0.135. The van der Waals surface area contributed by atoms with Gasteiger partial charge >= 0.3 is 5.97 Å². The Kier molecular flexibility index (Phi) is 6.97. The third-order valence-corrected chi connectivity index (χ3v) is 6.85. The van der Waals surface area contributed by atoms with Crippen LogP contribution in [0.3, 0.4) is 0 Å². The first-order chi connectivity index (χ1) is 18.5. The molecule has 0 fully saturated rings. The molecular weight excluding hydrogens is 472 g/mol. The smallest absolute Gasteiger partial charge is 0.323 e. The molecule has 5 rings (SSSR count). The summed E-state index contributed by atoms with van der Waals surface area (Å²) in [5.74, 6) is -0.121. The number of benzene rings is 4. The number of esters is 1. The van der Waals surface area contributed by atoms with Crippen LogP contribution in [0.1, 0.15) is 59.4 Å². The van der Waals surface area contributed by atoms with Gasteiger partial charge in [0.15, 0.2) is 0 Å². The molecule has 188 valence electrons. The van der Waals surface area contributed by atoms with Crippen LogP contribution in [-0.2, 0) is 4.79 Å². The molecule has 0 amide bonds. The van der Waals surface area contributed by atoms with Gasteiger partial charge in [-0.3, -0.25) is 4.79 Å². The summed E-state index contributed by atoms with van der Waals surface area (Å²) in [4.78, 5) is 13.5. The molecule has 1 atom stereocenters. The second-order valence-corrected chi connectivity index (χ2v) is 9.62.